The lowest BCUT2D eigenvalue weighted by molar-refractivity contribution is 0.0784. The maximum atomic E-state index is 12.3. The van der Waals surface area contributed by atoms with Gasteiger partial charge in [-0.05, 0) is 36.6 Å². The largest absolute Gasteiger partial charge is 0.508 e. The summed E-state index contributed by atoms with van der Waals surface area (Å²) in [5, 5.41) is 9.74. The van der Waals surface area contributed by atoms with Gasteiger partial charge in [0.25, 0.3) is 5.91 Å². The Morgan fingerprint density at radius 3 is 2.40 bits per heavy atom. The average molecular weight is 287 g/mol. The fourth-order valence-corrected chi connectivity index (χ4v) is 2.33. The van der Waals surface area contributed by atoms with Gasteiger partial charge in [0.05, 0.1) is 0 Å². The number of amides is 1. The third kappa shape index (κ3) is 3.33. The fourth-order valence-electron chi connectivity index (χ4n) is 1.93. The van der Waals surface area contributed by atoms with Gasteiger partial charge in [-0.3, -0.25) is 4.79 Å². The van der Waals surface area contributed by atoms with Crippen molar-refractivity contribution in [2.24, 2.45) is 0 Å². The summed E-state index contributed by atoms with van der Waals surface area (Å²) in [6, 6.07) is 14.6. The molecule has 0 saturated carbocycles. The van der Waals surface area contributed by atoms with Gasteiger partial charge in [-0.15, -0.1) is 11.8 Å². The van der Waals surface area contributed by atoms with Gasteiger partial charge in [0.1, 0.15) is 5.75 Å². The molecule has 0 aliphatic rings. The van der Waals surface area contributed by atoms with Gasteiger partial charge >= 0.3 is 0 Å². The Hall–Kier alpha value is -1.94. The van der Waals surface area contributed by atoms with Gasteiger partial charge in [-0.1, -0.05) is 18.2 Å². The van der Waals surface area contributed by atoms with E-state index < -0.39 is 0 Å². The number of thioether (sulfide) groups is 1. The zero-order valence-electron chi connectivity index (χ0n) is 11.5. The molecule has 104 valence electrons. The molecule has 0 radical (unpaired) electrons. The van der Waals surface area contributed by atoms with E-state index in [-0.39, 0.29) is 11.7 Å². The van der Waals surface area contributed by atoms with E-state index >= 15 is 0 Å². The summed E-state index contributed by atoms with van der Waals surface area (Å²) in [6.45, 7) is 0.385. The second-order valence-corrected chi connectivity index (χ2v) is 5.40. The molecule has 0 aliphatic carbocycles. The number of phenols is 1. The van der Waals surface area contributed by atoms with E-state index in [0.29, 0.717) is 12.1 Å². The molecule has 0 saturated heterocycles. The summed E-state index contributed by atoms with van der Waals surface area (Å²) in [6.07, 6.45) is 2.00. The number of rotatable bonds is 4. The molecule has 0 fully saturated rings. The Morgan fingerprint density at radius 1 is 1.15 bits per heavy atom. The molecule has 2 aromatic carbocycles. The van der Waals surface area contributed by atoms with Crippen LogP contribution in [0.25, 0.3) is 0 Å². The number of hydrogen-bond acceptors (Lipinski definition) is 3. The Bertz CT molecular complexity index is 596. The first-order valence-corrected chi connectivity index (χ1v) is 7.50. The van der Waals surface area contributed by atoms with Crippen molar-refractivity contribution in [1.82, 2.24) is 4.90 Å². The maximum absolute atomic E-state index is 12.3. The Balaban J connectivity index is 2.10. The van der Waals surface area contributed by atoms with Crippen molar-refractivity contribution in [1.29, 1.82) is 0 Å². The molecule has 0 atom stereocenters. The number of phenolic OH excluding ortho intramolecular Hbond substituents is 1. The lowest BCUT2D eigenvalue weighted by Gasteiger charge is -2.18. The normalized spacial score (nSPS) is 10.3. The van der Waals surface area contributed by atoms with E-state index in [4.69, 9.17) is 0 Å². The highest BCUT2D eigenvalue weighted by atomic mass is 32.2. The van der Waals surface area contributed by atoms with Crippen molar-refractivity contribution in [3.05, 3.63) is 59.7 Å². The predicted octanol–water partition coefficient (Wildman–Crippen LogP) is 3.39. The summed E-state index contributed by atoms with van der Waals surface area (Å²) in [5.41, 5.74) is 1.39. The van der Waals surface area contributed by atoms with Gasteiger partial charge in [-0.2, -0.15) is 0 Å². The summed E-state index contributed by atoms with van der Waals surface area (Å²) in [7, 11) is 1.73. The third-order valence-corrected chi connectivity index (χ3v) is 3.83. The maximum Gasteiger partial charge on any atom is 0.253 e. The van der Waals surface area contributed by atoms with Gasteiger partial charge < -0.3 is 10.0 Å². The number of para-hydroxylation sites is 1. The van der Waals surface area contributed by atoms with Crippen LogP contribution in [0.2, 0.25) is 0 Å². The molecular formula is C16H17NO2S. The zero-order chi connectivity index (χ0) is 14.5. The van der Waals surface area contributed by atoms with Crippen molar-refractivity contribution < 1.29 is 9.90 Å². The molecular weight excluding hydrogens is 270 g/mol. The van der Waals surface area contributed by atoms with Gasteiger partial charge in [0, 0.05) is 29.6 Å². The van der Waals surface area contributed by atoms with E-state index in [1.54, 1.807) is 35.8 Å². The molecule has 3 nitrogen and oxygen atoms in total. The van der Waals surface area contributed by atoms with E-state index in [2.05, 4.69) is 0 Å². The zero-order valence-corrected chi connectivity index (χ0v) is 12.4. The number of nitrogens with zero attached hydrogens (tertiary/aromatic N) is 1. The fraction of sp³-hybridized carbons (Fsp3) is 0.188. The Labute approximate surface area is 123 Å². The van der Waals surface area contributed by atoms with Crippen LogP contribution in [-0.2, 0) is 6.54 Å². The standard InChI is InChI=1S/C16H17NO2S/c1-17(11-13-5-3-4-6-15(13)18)16(19)12-7-9-14(20-2)10-8-12/h3-10,18H,11H2,1-2H3. The summed E-state index contributed by atoms with van der Waals surface area (Å²) in [4.78, 5) is 15.0. The Morgan fingerprint density at radius 2 is 1.80 bits per heavy atom. The van der Waals surface area contributed by atoms with Gasteiger partial charge in [-0.25, -0.2) is 0 Å². The highest BCUT2D eigenvalue weighted by molar-refractivity contribution is 7.98. The van der Waals surface area contributed by atoms with Gasteiger partial charge in [0.15, 0.2) is 0 Å². The third-order valence-electron chi connectivity index (χ3n) is 3.08. The van der Waals surface area contributed by atoms with Crippen molar-refractivity contribution >= 4 is 17.7 Å². The van der Waals surface area contributed by atoms with E-state index in [1.165, 1.54) is 0 Å². The molecule has 20 heavy (non-hydrogen) atoms. The first-order chi connectivity index (χ1) is 9.61. The molecule has 0 aliphatic heterocycles. The summed E-state index contributed by atoms with van der Waals surface area (Å²) < 4.78 is 0. The molecule has 2 aromatic rings. The minimum Gasteiger partial charge on any atom is -0.508 e. The number of aromatic hydroxyl groups is 1. The first kappa shape index (κ1) is 14.5. The van der Waals surface area contributed by atoms with Gasteiger partial charge in [0.2, 0.25) is 0 Å². The van der Waals surface area contributed by atoms with Crippen LogP contribution in [0.5, 0.6) is 5.75 Å². The van der Waals surface area contributed by atoms with Crippen LogP contribution in [0.3, 0.4) is 0 Å². The van der Waals surface area contributed by atoms with Crippen LogP contribution >= 0.6 is 11.8 Å². The van der Waals surface area contributed by atoms with Crippen LogP contribution in [0.1, 0.15) is 15.9 Å². The van der Waals surface area contributed by atoms with Crippen molar-refractivity contribution in [2.45, 2.75) is 11.4 Å². The highest BCUT2D eigenvalue weighted by Gasteiger charge is 2.13. The summed E-state index contributed by atoms with van der Waals surface area (Å²) in [5.74, 6) is 0.158. The second-order valence-electron chi connectivity index (χ2n) is 4.52. The minimum absolute atomic E-state index is 0.0547. The topological polar surface area (TPSA) is 40.5 Å². The van der Waals surface area contributed by atoms with Crippen LogP contribution in [0.4, 0.5) is 0 Å². The smallest absolute Gasteiger partial charge is 0.253 e. The molecule has 2 rings (SSSR count). The molecule has 0 bridgehead atoms. The molecule has 0 spiro atoms. The monoisotopic (exact) mass is 287 g/mol. The number of benzene rings is 2. The lowest BCUT2D eigenvalue weighted by atomic mass is 10.1. The number of hydrogen-bond donors (Lipinski definition) is 1. The van der Waals surface area contributed by atoms with E-state index in [1.807, 2.05) is 42.7 Å². The molecule has 1 N–H and O–H groups in total. The first-order valence-electron chi connectivity index (χ1n) is 6.28. The number of carbonyl (C=O) groups excluding carboxylic acids is 1. The molecule has 1 amide bonds. The van der Waals surface area contributed by atoms with Crippen molar-refractivity contribution in [3.63, 3.8) is 0 Å². The second kappa shape index (κ2) is 6.48. The summed E-state index contributed by atoms with van der Waals surface area (Å²) >= 11 is 1.64. The van der Waals surface area contributed by atoms with Crippen molar-refractivity contribution in [2.75, 3.05) is 13.3 Å². The van der Waals surface area contributed by atoms with Crippen molar-refractivity contribution in [3.8, 4) is 5.75 Å². The predicted molar refractivity (Wildman–Crippen MR) is 82.1 cm³/mol. The molecule has 0 heterocycles. The van der Waals surface area contributed by atoms with Crippen LogP contribution in [0.15, 0.2) is 53.4 Å². The van der Waals surface area contributed by atoms with Crippen LogP contribution in [-0.4, -0.2) is 29.2 Å². The SMILES string of the molecule is CSc1ccc(C(=O)N(C)Cc2ccccc2O)cc1. The quantitative estimate of drug-likeness (QED) is 0.876. The van der Waals surface area contributed by atoms with E-state index in [9.17, 15) is 9.90 Å². The number of carbonyl (C=O) groups is 1. The van der Waals surface area contributed by atoms with Crippen LogP contribution in [0, 0.1) is 0 Å². The highest BCUT2D eigenvalue weighted by Crippen LogP contribution is 2.19. The molecule has 0 aromatic heterocycles. The lowest BCUT2D eigenvalue weighted by Crippen LogP contribution is -2.26. The molecule has 0 unspecified atom stereocenters. The average Bonchev–Trinajstić information content (AvgIpc) is 2.49. The van der Waals surface area contributed by atoms with E-state index in [0.717, 1.165) is 10.5 Å². The Kier molecular flexibility index (Phi) is 4.69. The minimum atomic E-state index is -0.0547. The molecule has 4 heteroatoms. The van der Waals surface area contributed by atoms with Crippen LogP contribution < -0.4 is 0 Å².